The number of fused-ring (bicyclic) bond motifs is 2. The van der Waals surface area contributed by atoms with Crippen LogP contribution in [0.15, 0.2) is 12.3 Å². The lowest BCUT2D eigenvalue weighted by Gasteiger charge is -2.23. The van der Waals surface area contributed by atoms with Crippen molar-refractivity contribution in [3.63, 3.8) is 0 Å². The zero-order chi connectivity index (χ0) is 14.5. The summed E-state index contributed by atoms with van der Waals surface area (Å²) in [5.41, 5.74) is 3.21. The highest BCUT2D eigenvalue weighted by atomic mass is 16.6. The Morgan fingerprint density at radius 2 is 2.10 bits per heavy atom. The van der Waals surface area contributed by atoms with Crippen molar-refractivity contribution in [3.8, 4) is 0 Å². The number of ether oxygens (including phenoxy) is 1. The molecule has 0 radical (unpaired) electrons. The van der Waals surface area contributed by atoms with E-state index in [4.69, 9.17) is 4.74 Å². The van der Waals surface area contributed by atoms with Gasteiger partial charge in [0.25, 0.3) is 0 Å². The number of amides is 1. The van der Waals surface area contributed by atoms with Gasteiger partial charge < -0.3 is 4.74 Å². The summed E-state index contributed by atoms with van der Waals surface area (Å²) in [5, 5.41) is 4.34. The van der Waals surface area contributed by atoms with E-state index >= 15 is 0 Å². The summed E-state index contributed by atoms with van der Waals surface area (Å²) in [6.45, 7) is 8.54. The van der Waals surface area contributed by atoms with Crippen molar-refractivity contribution in [3.05, 3.63) is 29.2 Å². The molecule has 0 aromatic carbocycles. The SMILES string of the molecule is Cc1cc2nc3c(cn2n1)CN(C(=O)OC(C)(C)C)C3. The van der Waals surface area contributed by atoms with E-state index in [0.29, 0.717) is 13.1 Å². The third-order valence-corrected chi connectivity index (χ3v) is 3.09. The molecule has 1 aliphatic rings. The molecule has 106 valence electrons. The molecule has 0 N–H and O–H groups in total. The van der Waals surface area contributed by atoms with Gasteiger partial charge in [0, 0.05) is 17.8 Å². The molecule has 0 atom stereocenters. The van der Waals surface area contributed by atoms with Gasteiger partial charge in [-0.3, -0.25) is 4.90 Å². The fraction of sp³-hybridized carbons (Fsp3) is 0.500. The van der Waals surface area contributed by atoms with Gasteiger partial charge in [0.05, 0.1) is 24.5 Å². The van der Waals surface area contributed by atoms with Gasteiger partial charge in [-0.2, -0.15) is 5.10 Å². The van der Waals surface area contributed by atoms with Gasteiger partial charge in [-0.1, -0.05) is 0 Å². The fourth-order valence-electron chi connectivity index (χ4n) is 2.28. The van der Waals surface area contributed by atoms with E-state index in [-0.39, 0.29) is 6.09 Å². The quantitative estimate of drug-likeness (QED) is 0.739. The van der Waals surface area contributed by atoms with Gasteiger partial charge in [0.15, 0.2) is 5.65 Å². The molecule has 0 saturated carbocycles. The Hall–Kier alpha value is -2.11. The van der Waals surface area contributed by atoms with Crippen LogP contribution < -0.4 is 0 Å². The zero-order valence-corrected chi connectivity index (χ0v) is 12.2. The van der Waals surface area contributed by atoms with E-state index in [1.54, 1.807) is 9.42 Å². The van der Waals surface area contributed by atoms with Crippen molar-refractivity contribution in [2.24, 2.45) is 0 Å². The molecule has 6 nitrogen and oxygen atoms in total. The second-order valence-corrected chi connectivity index (χ2v) is 6.14. The Labute approximate surface area is 117 Å². The number of hydrogen-bond acceptors (Lipinski definition) is 4. The first kappa shape index (κ1) is 12.9. The molecule has 2 aromatic heterocycles. The van der Waals surface area contributed by atoms with Gasteiger partial charge in [0.2, 0.25) is 0 Å². The maximum absolute atomic E-state index is 12.1. The van der Waals surface area contributed by atoms with Crippen LogP contribution in [-0.2, 0) is 17.8 Å². The minimum Gasteiger partial charge on any atom is -0.444 e. The van der Waals surface area contributed by atoms with Gasteiger partial charge in [0.1, 0.15) is 5.60 Å². The Bertz CT molecular complexity index is 641. The van der Waals surface area contributed by atoms with Crippen molar-refractivity contribution < 1.29 is 9.53 Å². The lowest BCUT2D eigenvalue weighted by atomic mass is 10.2. The molecule has 0 spiro atoms. The molecule has 0 unspecified atom stereocenters. The first-order valence-electron chi connectivity index (χ1n) is 6.64. The predicted octanol–water partition coefficient (Wildman–Crippen LogP) is 2.29. The first-order valence-corrected chi connectivity index (χ1v) is 6.64. The number of hydrogen-bond donors (Lipinski definition) is 0. The average Bonchev–Trinajstić information content (AvgIpc) is 2.84. The van der Waals surface area contributed by atoms with Crippen molar-refractivity contribution in [2.45, 2.75) is 46.4 Å². The van der Waals surface area contributed by atoms with E-state index in [0.717, 1.165) is 22.6 Å². The number of nitrogens with zero attached hydrogens (tertiary/aromatic N) is 4. The highest BCUT2D eigenvalue weighted by Gasteiger charge is 2.29. The van der Waals surface area contributed by atoms with E-state index in [9.17, 15) is 4.79 Å². The standard InChI is InChI=1S/C14H18N4O2/c1-9-5-12-15-11-8-17(13(19)20-14(2,3)4)6-10(11)7-18(12)16-9/h5,7H,6,8H2,1-4H3. The molecular formula is C14H18N4O2. The van der Waals surface area contributed by atoms with Gasteiger partial charge in [-0.15, -0.1) is 0 Å². The second-order valence-electron chi connectivity index (χ2n) is 6.14. The topological polar surface area (TPSA) is 59.7 Å². The van der Waals surface area contributed by atoms with Crippen LogP contribution in [0.4, 0.5) is 4.79 Å². The predicted molar refractivity (Wildman–Crippen MR) is 73.2 cm³/mol. The fourth-order valence-corrected chi connectivity index (χ4v) is 2.28. The summed E-state index contributed by atoms with van der Waals surface area (Å²) in [5.74, 6) is 0. The Morgan fingerprint density at radius 3 is 2.80 bits per heavy atom. The summed E-state index contributed by atoms with van der Waals surface area (Å²) >= 11 is 0. The Kier molecular flexibility index (Phi) is 2.70. The molecule has 0 fully saturated rings. The summed E-state index contributed by atoms with van der Waals surface area (Å²) in [7, 11) is 0. The largest absolute Gasteiger partial charge is 0.444 e. The van der Waals surface area contributed by atoms with E-state index in [1.807, 2.05) is 40.0 Å². The Morgan fingerprint density at radius 1 is 1.35 bits per heavy atom. The molecule has 0 bridgehead atoms. The van der Waals surface area contributed by atoms with Crippen LogP contribution in [0, 0.1) is 6.92 Å². The lowest BCUT2D eigenvalue weighted by Crippen LogP contribution is -2.33. The lowest BCUT2D eigenvalue weighted by molar-refractivity contribution is 0.0240. The number of carbonyl (C=O) groups is 1. The van der Waals surface area contributed by atoms with Gasteiger partial charge in [-0.25, -0.2) is 14.3 Å². The van der Waals surface area contributed by atoms with Crippen LogP contribution in [0.5, 0.6) is 0 Å². The molecule has 1 amide bonds. The van der Waals surface area contributed by atoms with Crippen LogP contribution in [0.1, 0.15) is 37.7 Å². The normalized spacial score (nSPS) is 14.7. The van der Waals surface area contributed by atoms with Crippen molar-refractivity contribution in [2.75, 3.05) is 0 Å². The van der Waals surface area contributed by atoms with Crippen LogP contribution in [0.3, 0.4) is 0 Å². The smallest absolute Gasteiger partial charge is 0.410 e. The second kappa shape index (κ2) is 4.19. The van der Waals surface area contributed by atoms with Crippen LogP contribution in [-0.4, -0.2) is 31.2 Å². The molecular weight excluding hydrogens is 256 g/mol. The third-order valence-electron chi connectivity index (χ3n) is 3.09. The minimum absolute atomic E-state index is 0.302. The summed E-state index contributed by atoms with van der Waals surface area (Å²) in [6.07, 6.45) is 1.64. The maximum atomic E-state index is 12.1. The minimum atomic E-state index is -0.481. The van der Waals surface area contributed by atoms with Crippen LogP contribution in [0.2, 0.25) is 0 Å². The summed E-state index contributed by atoms with van der Waals surface area (Å²) < 4.78 is 7.14. The highest BCUT2D eigenvalue weighted by Crippen LogP contribution is 2.23. The summed E-state index contributed by atoms with van der Waals surface area (Å²) in [4.78, 5) is 18.3. The Balaban J connectivity index is 1.83. The number of carbonyl (C=O) groups excluding carboxylic acids is 1. The molecule has 6 heteroatoms. The monoisotopic (exact) mass is 274 g/mol. The van der Waals surface area contributed by atoms with Crippen LogP contribution >= 0.6 is 0 Å². The maximum Gasteiger partial charge on any atom is 0.410 e. The summed E-state index contributed by atoms with van der Waals surface area (Å²) in [6, 6.07) is 1.93. The average molecular weight is 274 g/mol. The van der Waals surface area contributed by atoms with Gasteiger partial charge in [-0.05, 0) is 27.7 Å². The van der Waals surface area contributed by atoms with E-state index in [2.05, 4.69) is 10.1 Å². The first-order chi connectivity index (χ1) is 9.32. The zero-order valence-electron chi connectivity index (χ0n) is 12.2. The molecule has 3 heterocycles. The number of aromatic nitrogens is 3. The number of aryl methyl sites for hydroxylation is 1. The van der Waals surface area contributed by atoms with Crippen molar-refractivity contribution in [1.29, 1.82) is 0 Å². The van der Waals surface area contributed by atoms with Crippen molar-refractivity contribution in [1.82, 2.24) is 19.5 Å². The van der Waals surface area contributed by atoms with E-state index in [1.165, 1.54) is 0 Å². The molecule has 0 aliphatic carbocycles. The highest BCUT2D eigenvalue weighted by molar-refractivity contribution is 5.69. The third kappa shape index (κ3) is 2.33. The molecule has 1 aliphatic heterocycles. The molecule has 3 rings (SSSR count). The van der Waals surface area contributed by atoms with Gasteiger partial charge >= 0.3 is 6.09 Å². The van der Waals surface area contributed by atoms with E-state index < -0.39 is 5.60 Å². The molecule has 20 heavy (non-hydrogen) atoms. The van der Waals surface area contributed by atoms with Crippen molar-refractivity contribution >= 4 is 11.7 Å². The molecule has 0 saturated heterocycles. The van der Waals surface area contributed by atoms with Crippen LogP contribution in [0.25, 0.3) is 5.65 Å². The number of rotatable bonds is 0. The molecule has 2 aromatic rings.